The number of aliphatic hydroxyl groups excluding tert-OH is 2. The first-order valence-corrected chi connectivity index (χ1v) is 10.1. The summed E-state index contributed by atoms with van der Waals surface area (Å²) in [7, 11) is 0. The smallest absolute Gasteiger partial charge is 0.190 e. The largest absolute Gasteiger partial charge is 0.390 e. The quantitative estimate of drug-likeness (QED) is 0.667. The van der Waals surface area contributed by atoms with Crippen LogP contribution in [0.1, 0.15) is 46.5 Å². The predicted molar refractivity (Wildman–Crippen MR) is 99.9 cm³/mol. The highest BCUT2D eigenvalue weighted by molar-refractivity contribution is 5.92. The van der Waals surface area contributed by atoms with E-state index >= 15 is 4.39 Å². The van der Waals surface area contributed by atoms with Crippen LogP contribution in [0.2, 0.25) is 0 Å². The summed E-state index contributed by atoms with van der Waals surface area (Å²) in [5.41, 5.74) is -5.21. The van der Waals surface area contributed by atoms with Gasteiger partial charge < -0.3 is 15.3 Å². The number of halogens is 1. The Morgan fingerprint density at radius 1 is 1.36 bits per heavy atom. The monoisotopic (exact) mass is 392 g/mol. The first-order chi connectivity index (χ1) is 13.0. The third-order valence-corrected chi connectivity index (χ3v) is 8.75. The van der Waals surface area contributed by atoms with Gasteiger partial charge in [-0.05, 0) is 42.7 Å². The molecule has 28 heavy (non-hydrogen) atoms. The average molecular weight is 392 g/mol. The summed E-state index contributed by atoms with van der Waals surface area (Å²) in [4.78, 5) is 24.4. The second-order valence-corrected chi connectivity index (χ2v) is 9.78. The van der Waals surface area contributed by atoms with Gasteiger partial charge in [0.2, 0.25) is 0 Å². The molecule has 0 spiro atoms. The van der Waals surface area contributed by atoms with Gasteiger partial charge in [0, 0.05) is 23.2 Å². The molecular formula is C22H29FO5. The molecule has 0 aromatic carbocycles. The molecule has 0 aromatic heterocycles. The van der Waals surface area contributed by atoms with E-state index in [1.54, 1.807) is 32.9 Å². The maximum absolute atomic E-state index is 16.9. The van der Waals surface area contributed by atoms with Crippen LogP contribution in [0.15, 0.2) is 23.8 Å². The summed E-state index contributed by atoms with van der Waals surface area (Å²) >= 11 is 0. The van der Waals surface area contributed by atoms with Gasteiger partial charge in [-0.15, -0.1) is 0 Å². The summed E-state index contributed by atoms with van der Waals surface area (Å²) in [6, 6.07) is 0. The highest BCUT2D eigenvalue weighted by atomic mass is 19.1. The summed E-state index contributed by atoms with van der Waals surface area (Å²) < 4.78 is 16.9. The average Bonchev–Trinajstić information content (AvgIpc) is 2.84. The van der Waals surface area contributed by atoms with Gasteiger partial charge in [0.15, 0.2) is 17.2 Å². The Kier molecular flexibility index (Phi) is 4.15. The Morgan fingerprint density at radius 3 is 2.68 bits per heavy atom. The molecule has 0 aromatic rings. The number of hydrogen-bond acceptors (Lipinski definition) is 5. The van der Waals surface area contributed by atoms with Gasteiger partial charge in [0.25, 0.3) is 0 Å². The van der Waals surface area contributed by atoms with Crippen LogP contribution in [0.4, 0.5) is 4.39 Å². The summed E-state index contributed by atoms with van der Waals surface area (Å²) in [5, 5.41) is 31.9. The van der Waals surface area contributed by atoms with E-state index in [4.69, 9.17) is 0 Å². The van der Waals surface area contributed by atoms with Crippen LogP contribution in [0.25, 0.3) is 0 Å². The van der Waals surface area contributed by atoms with E-state index in [-0.39, 0.29) is 24.5 Å². The molecule has 2 fully saturated rings. The van der Waals surface area contributed by atoms with E-state index in [0.717, 1.165) is 0 Å². The number of Topliss-reactive ketones (excluding diaryl/α,β-unsaturated/α-hetero) is 1. The predicted octanol–water partition coefficient (Wildman–Crippen LogP) is 1.90. The SMILES string of the molecule is C[C@@H]1C[C@H]2[C@@H]3C=CC4=CC(=O)CC[C@]4(C)[C@@]3(F)[C@@H](O)C[C@]2(C)[C@@]1(O)C(=O)CO. The van der Waals surface area contributed by atoms with Crippen LogP contribution >= 0.6 is 0 Å². The molecule has 4 rings (SSSR count). The molecule has 6 heteroatoms. The van der Waals surface area contributed by atoms with Crippen molar-refractivity contribution in [2.75, 3.05) is 6.61 Å². The van der Waals surface area contributed by atoms with Crippen LogP contribution in [-0.4, -0.2) is 50.9 Å². The van der Waals surface area contributed by atoms with Crippen molar-refractivity contribution in [3.8, 4) is 0 Å². The molecular weight excluding hydrogens is 363 g/mol. The Bertz CT molecular complexity index is 805. The van der Waals surface area contributed by atoms with Crippen molar-refractivity contribution in [3.05, 3.63) is 23.8 Å². The minimum absolute atomic E-state index is 0.0354. The van der Waals surface area contributed by atoms with Crippen molar-refractivity contribution >= 4 is 11.6 Å². The molecule has 4 aliphatic carbocycles. The summed E-state index contributed by atoms with van der Waals surface area (Å²) in [6.45, 7) is 4.48. The summed E-state index contributed by atoms with van der Waals surface area (Å²) in [6.07, 6.45) is 4.53. The zero-order chi connectivity index (χ0) is 20.7. The number of fused-ring (bicyclic) bond motifs is 5. The van der Waals surface area contributed by atoms with Gasteiger partial charge in [-0.2, -0.15) is 0 Å². The zero-order valence-corrected chi connectivity index (χ0v) is 16.6. The van der Waals surface area contributed by atoms with E-state index in [2.05, 4.69) is 0 Å². The lowest BCUT2D eigenvalue weighted by Gasteiger charge is -2.61. The lowest BCUT2D eigenvalue weighted by atomic mass is 9.45. The highest BCUT2D eigenvalue weighted by Crippen LogP contribution is 2.69. The summed E-state index contributed by atoms with van der Waals surface area (Å²) in [5.74, 6) is -2.20. The van der Waals surface area contributed by atoms with Gasteiger partial charge in [-0.25, -0.2) is 4.39 Å². The standard InChI is InChI=1S/C22H29FO5/c1-12-8-16-15-5-4-13-9-14(25)6-7-19(13,2)21(15,23)17(26)10-20(16,3)22(12,28)18(27)11-24/h4-5,9,12,15-17,24,26,28H,6-8,10-11H2,1-3H3/t12-,15+,16+,17+,19+,20+,21+,22+/m1/s1. The number of alkyl halides is 1. The lowest BCUT2D eigenvalue weighted by molar-refractivity contribution is -0.212. The molecule has 8 atom stereocenters. The fourth-order valence-electron chi connectivity index (χ4n) is 7.07. The van der Waals surface area contributed by atoms with Gasteiger partial charge in [0.1, 0.15) is 12.2 Å². The zero-order valence-electron chi connectivity index (χ0n) is 16.6. The molecule has 3 N–H and O–H groups in total. The molecule has 0 saturated heterocycles. The van der Waals surface area contributed by atoms with E-state index in [0.29, 0.717) is 18.4 Å². The first kappa shape index (κ1) is 19.9. The van der Waals surface area contributed by atoms with Crippen LogP contribution in [0, 0.1) is 28.6 Å². The lowest BCUT2D eigenvalue weighted by Crippen LogP contribution is -2.69. The van der Waals surface area contributed by atoms with Crippen molar-refractivity contribution in [3.63, 3.8) is 0 Å². The Hall–Kier alpha value is -1.37. The molecule has 0 radical (unpaired) electrons. The van der Waals surface area contributed by atoms with E-state index < -0.39 is 52.4 Å². The fourth-order valence-corrected chi connectivity index (χ4v) is 7.07. The molecule has 154 valence electrons. The van der Waals surface area contributed by atoms with Crippen LogP contribution in [-0.2, 0) is 9.59 Å². The molecule has 0 unspecified atom stereocenters. The van der Waals surface area contributed by atoms with Gasteiger partial charge >= 0.3 is 0 Å². The molecule has 0 bridgehead atoms. The third-order valence-electron chi connectivity index (χ3n) is 8.75. The number of rotatable bonds is 2. The maximum Gasteiger partial charge on any atom is 0.190 e. The van der Waals surface area contributed by atoms with Crippen LogP contribution in [0.3, 0.4) is 0 Å². The van der Waals surface area contributed by atoms with Gasteiger partial charge in [-0.3, -0.25) is 9.59 Å². The first-order valence-electron chi connectivity index (χ1n) is 10.1. The minimum atomic E-state index is -1.98. The fraction of sp³-hybridized carbons (Fsp3) is 0.727. The minimum Gasteiger partial charge on any atom is -0.390 e. The van der Waals surface area contributed by atoms with Crippen LogP contribution < -0.4 is 0 Å². The number of carbonyl (C=O) groups is 2. The number of carbonyl (C=O) groups excluding carboxylic acids is 2. The van der Waals surface area contributed by atoms with Crippen molar-refractivity contribution in [2.24, 2.45) is 28.6 Å². The highest BCUT2D eigenvalue weighted by Gasteiger charge is 2.75. The third kappa shape index (κ3) is 2.01. The van der Waals surface area contributed by atoms with E-state index in [1.165, 1.54) is 6.08 Å². The second-order valence-electron chi connectivity index (χ2n) is 9.78. The van der Waals surface area contributed by atoms with Crippen molar-refractivity contribution in [1.82, 2.24) is 0 Å². The van der Waals surface area contributed by atoms with Crippen molar-refractivity contribution in [2.45, 2.75) is 63.8 Å². The van der Waals surface area contributed by atoms with Crippen molar-refractivity contribution < 1.29 is 29.3 Å². The molecule has 0 aliphatic heterocycles. The number of hydrogen-bond donors (Lipinski definition) is 3. The molecule has 0 amide bonds. The number of allylic oxidation sites excluding steroid dienone is 4. The Morgan fingerprint density at radius 2 is 2.04 bits per heavy atom. The van der Waals surface area contributed by atoms with Crippen LogP contribution in [0.5, 0.6) is 0 Å². The van der Waals surface area contributed by atoms with E-state index in [1.807, 2.05) is 0 Å². The molecule has 2 saturated carbocycles. The Balaban J connectivity index is 1.87. The molecule has 0 heterocycles. The number of aliphatic hydroxyl groups is 3. The number of ketones is 2. The Labute approximate surface area is 164 Å². The van der Waals surface area contributed by atoms with E-state index in [9.17, 15) is 24.9 Å². The topological polar surface area (TPSA) is 94.8 Å². The molecule has 5 nitrogen and oxygen atoms in total. The van der Waals surface area contributed by atoms with Gasteiger partial charge in [0.05, 0.1) is 6.10 Å². The maximum atomic E-state index is 16.9. The second kappa shape index (κ2) is 5.83. The normalized spacial score (nSPS) is 52.5. The van der Waals surface area contributed by atoms with Gasteiger partial charge in [-0.1, -0.05) is 32.9 Å². The molecule has 4 aliphatic rings. The van der Waals surface area contributed by atoms with Crippen molar-refractivity contribution in [1.29, 1.82) is 0 Å².